The third-order valence-electron chi connectivity index (χ3n) is 6.00. The summed E-state index contributed by atoms with van der Waals surface area (Å²) in [6.45, 7) is 4.13. The minimum absolute atomic E-state index is 0.105. The molecule has 4 aromatic rings. The highest BCUT2D eigenvalue weighted by Crippen LogP contribution is 2.27. The van der Waals surface area contributed by atoms with E-state index in [1.807, 2.05) is 36.4 Å². The van der Waals surface area contributed by atoms with E-state index in [1.54, 1.807) is 37.2 Å². The molecular weight excluding hydrogens is 454 g/mol. The molecule has 0 spiro atoms. The molecule has 0 saturated carbocycles. The van der Waals surface area contributed by atoms with E-state index in [4.69, 9.17) is 9.51 Å². The summed E-state index contributed by atoms with van der Waals surface area (Å²) in [5.74, 6) is 0.111. The third kappa shape index (κ3) is 3.84. The standard InChI is InChI=1S/C24H23N5O4S/c1-16-23(17(2)33-27-16)34(31,32)29-12-10-28(11-13-29)24(30)20-14-22(18-6-5-9-25-15-18)26-21-8-4-3-7-19(20)21/h3-9,14-15H,10-13H2,1-2H3. The lowest BCUT2D eigenvalue weighted by Crippen LogP contribution is -2.50. The van der Waals surface area contributed by atoms with Gasteiger partial charge in [0.15, 0.2) is 5.76 Å². The maximum atomic E-state index is 13.6. The van der Waals surface area contributed by atoms with Gasteiger partial charge in [0.2, 0.25) is 10.0 Å². The molecule has 34 heavy (non-hydrogen) atoms. The second-order valence-electron chi connectivity index (χ2n) is 8.16. The van der Waals surface area contributed by atoms with Gasteiger partial charge >= 0.3 is 0 Å². The maximum absolute atomic E-state index is 13.6. The molecule has 3 aromatic heterocycles. The monoisotopic (exact) mass is 477 g/mol. The van der Waals surface area contributed by atoms with E-state index in [9.17, 15) is 13.2 Å². The number of carbonyl (C=O) groups excluding carboxylic acids is 1. The highest BCUT2D eigenvalue weighted by atomic mass is 32.2. The Morgan fingerprint density at radius 3 is 2.47 bits per heavy atom. The zero-order chi connectivity index (χ0) is 23.9. The molecule has 10 heteroatoms. The quantitative estimate of drug-likeness (QED) is 0.444. The van der Waals surface area contributed by atoms with Crippen LogP contribution in [0.3, 0.4) is 0 Å². The van der Waals surface area contributed by atoms with Gasteiger partial charge in [-0.2, -0.15) is 4.31 Å². The van der Waals surface area contributed by atoms with Gasteiger partial charge in [0.05, 0.1) is 16.8 Å². The predicted molar refractivity (Wildman–Crippen MR) is 126 cm³/mol. The predicted octanol–water partition coefficient (Wildman–Crippen LogP) is 3.05. The number of hydrogen-bond donors (Lipinski definition) is 0. The van der Waals surface area contributed by atoms with Crippen molar-refractivity contribution in [2.24, 2.45) is 0 Å². The molecule has 1 aromatic carbocycles. The van der Waals surface area contributed by atoms with Crippen LogP contribution in [0.5, 0.6) is 0 Å². The first-order valence-electron chi connectivity index (χ1n) is 10.9. The van der Waals surface area contributed by atoms with E-state index < -0.39 is 10.0 Å². The molecule has 1 aliphatic rings. The Kier molecular flexibility index (Phi) is 5.62. The normalized spacial score (nSPS) is 15.1. The number of benzene rings is 1. The van der Waals surface area contributed by atoms with Crippen LogP contribution in [0, 0.1) is 13.8 Å². The van der Waals surface area contributed by atoms with Crippen molar-refractivity contribution in [3.05, 3.63) is 71.9 Å². The van der Waals surface area contributed by atoms with E-state index in [-0.39, 0.29) is 42.7 Å². The fourth-order valence-corrected chi connectivity index (χ4v) is 6.00. The van der Waals surface area contributed by atoms with Crippen LogP contribution in [-0.2, 0) is 10.0 Å². The minimum Gasteiger partial charge on any atom is -0.360 e. The number of aryl methyl sites for hydroxylation is 2. The Labute approximate surface area is 197 Å². The van der Waals surface area contributed by atoms with Gasteiger partial charge < -0.3 is 9.42 Å². The van der Waals surface area contributed by atoms with Gasteiger partial charge in [0.1, 0.15) is 10.6 Å². The van der Waals surface area contributed by atoms with Gasteiger partial charge in [-0.1, -0.05) is 23.4 Å². The van der Waals surface area contributed by atoms with E-state index in [2.05, 4.69) is 10.1 Å². The first kappa shape index (κ1) is 22.2. The highest BCUT2D eigenvalue weighted by molar-refractivity contribution is 7.89. The van der Waals surface area contributed by atoms with Crippen LogP contribution in [0.1, 0.15) is 21.8 Å². The second-order valence-corrected chi connectivity index (χ2v) is 10.0. The molecule has 1 amide bonds. The van der Waals surface area contributed by atoms with E-state index in [1.165, 1.54) is 4.31 Å². The average Bonchev–Trinajstić information content (AvgIpc) is 3.22. The van der Waals surface area contributed by atoms with E-state index in [0.717, 1.165) is 10.9 Å². The van der Waals surface area contributed by atoms with Crippen LogP contribution in [0.4, 0.5) is 0 Å². The SMILES string of the molecule is Cc1noc(C)c1S(=O)(=O)N1CCN(C(=O)c2cc(-c3cccnc3)nc3ccccc23)CC1. The summed E-state index contributed by atoms with van der Waals surface area (Å²) in [4.78, 5) is 24.2. The fourth-order valence-electron chi connectivity index (χ4n) is 4.29. The van der Waals surface area contributed by atoms with Gasteiger partial charge in [-0.05, 0) is 38.1 Å². The van der Waals surface area contributed by atoms with Crippen molar-refractivity contribution < 1.29 is 17.7 Å². The Morgan fingerprint density at radius 1 is 1.03 bits per heavy atom. The molecule has 5 rings (SSSR count). The summed E-state index contributed by atoms with van der Waals surface area (Å²) in [5.41, 5.74) is 3.06. The molecule has 0 atom stereocenters. The Balaban J connectivity index is 1.43. The zero-order valence-electron chi connectivity index (χ0n) is 18.8. The van der Waals surface area contributed by atoms with E-state index in [0.29, 0.717) is 22.5 Å². The lowest BCUT2D eigenvalue weighted by Gasteiger charge is -2.34. The number of hydrogen-bond acceptors (Lipinski definition) is 7. The number of amides is 1. The van der Waals surface area contributed by atoms with Gasteiger partial charge in [-0.15, -0.1) is 0 Å². The van der Waals surface area contributed by atoms with Crippen molar-refractivity contribution in [2.75, 3.05) is 26.2 Å². The van der Waals surface area contributed by atoms with Gasteiger partial charge in [0, 0.05) is 49.5 Å². The summed E-state index contributed by atoms with van der Waals surface area (Å²) in [5, 5.41) is 4.52. The number of nitrogens with zero attached hydrogens (tertiary/aromatic N) is 5. The van der Waals surface area contributed by atoms with Crippen LogP contribution in [0.2, 0.25) is 0 Å². The molecule has 4 heterocycles. The molecule has 0 bridgehead atoms. The van der Waals surface area contributed by atoms with Crippen molar-refractivity contribution >= 4 is 26.8 Å². The zero-order valence-corrected chi connectivity index (χ0v) is 19.6. The lowest BCUT2D eigenvalue weighted by molar-refractivity contribution is 0.0699. The topological polar surface area (TPSA) is 110 Å². The van der Waals surface area contributed by atoms with Crippen molar-refractivity contribution in [2.45, 2.75) is 18.7 Å². The Bertz CT molecular complexity index is 1460. The molecule has 1 fully saturated rings. The first-order valence-corrected chi connectivity index (χ1v) is 12.3. The first-order chi connectivity index (χ1) is 16.4. The van der Waals surface area contributed by atoms with Gasteiger partial charge in [0.25, 0.3) is 5.91 Å². The van der Waals surface area contributed by atoms with Crippen LogP contribution in [-0.4, -0.2) is 64.8 Å². The van der Waals surface area contributed by atoms with Crippen LogP contribution < -0.4 is 0 Å². The molecular formula is C24H23N5O4S. The van der Waals surface area contributed by atoms with Gasteiger partial charge in [-0.3, -0.25) is 9.78 Å². The lowest BCUT2D eigenvalue weighted by atomic mass is 10.0. The van der Waals surface area contributed by atoms with Crippen LogP contribution >= 0.6 is 0 Å². The maximum Gasteiger partial charge on any atom is 0.254 e. The summed E-state index contributed by atoms with van der Waals surface area (Å²) in [7, 11) is -3.75. The average molecular weight is 478 g/mol. The Morgan fingerprint density at radius 2 is 1.79 bits per heavy atom. The van der Waals surface area contributed by atoms with Crippen molar-refractivity contribution in [1.29, 1.82) is 0 Å². The van der Waals surface area contributed by atoms with Crippen LogP contribution in [0.25, 0.3) is 22.2 Å². The summed E-state index contributed by atoms with van der Waals surface area (Å²) < 4.78 is 32.7. The number of para-hydroxylation sites is 1. The summed E-state index contributed by atoms with van der Waals surface area (Å²) >= 11 is 0. The Hall–Kier alpha value is -3.63. The summed E-state index contributed by atoms with van der Waals surface area (Å²) in [6, 6.07) is 13.0. The molecule has 0 N–H and O–H groups in total. The number of piperazine rings is 1. The van der Waals surface area contributed by atoms with E-state index >= 15 is 0 Å². The number of sulfonamides is 1. The van der Waals surface area contributed by atoms with Crippen molar-refractivity contribution in [3.63, 3.8) is 0 Å². The molecule has 0 aliphatic carbocycles. The van der Waals surface area contributed by atoms with Gasteiger partial charge in [-0.25, -0.2) is 13.4 Å². The largest absolute Gasteiger partial charge is 0.360 e. The molecule has 174 valence electrons. The molecule has 1 saturated heterocycles. The molecule has 1 aliphatic heterocycles. The molecule has 9 nitrogen and oxygen atoms in total. The minimum atomic E-state index is -3.75. The molecule has 0 unspecified atom stereocenters. The summed E-state index contributed by atoms with van der Waals surface area (Å²) in [6.07, 6.45) is 3.40. The van der Waals surface area contributed by atoms with Crippen LogP contribution in [0.15, 0.2) is 64.3 Å². The molecule has 0 radical (unpaired) electrons. The number of rotatable bonds is 4. The second kappa shape index (κ2) is 8.62. The number of carbonyl (C=O) groups is 1. The highest BCUT2D eigenvalue weighted by Gasteiger charge is 2.34. The van der Waals surface area contributed by atoms with Crippen molar-refractivity contribution in [3.8, 4) is 11.3 Å². The number of pyridine rings is 2. The third-order valence-corrected chi connectivity index (χ3v) is 8.14. The number of aromatic nitrogens is 3. The number of fused-ring (bicyclic) bond motifs is 1. The fraction of sp³-hybridized carbons (Fsp3) is 0.250. The smallest absolute Gasteiger partial charge is 0.254 e. The van der Waals surface area contributed by atoms with Crippen molar-refractivity contribution in [1.82, 2.24) is 24.3 Å².